The fraction of sp³-hybridized carbons (Fsp3) is 0.667. The summed E-state index contributed by atoms with van der Waals surface area (Å²) in [4.78, 5) is 18.0. The van der Waals surface area contributed by atoms with Crippen molar-refractivity contribution >= 4 is 5.82 Å². The standard InChI is InChI=1S/C12H22N4O2/c1-4-6-16-7-5-14-11(12(16)17)15(2)8-10(13)9-18-3/h5,7,10H,4,6,8-9,13H2,1-3H3. The molecular formula is C12H22N4O2. The van der Waals surface area contributed by atoms with Crippen LogP contribution in [0.3, 0.4) is 0 Å². The van der Waals surface area contributed by atoms with Gasteiger partial charge in [-0.3, -0.25) is 4.79 Å². The van der Waals surface area contributed by atoms with Gasteiger partial charge in [-0.1, -0.05) is 6.92 Å². The number of aromatic nitrogens is 2. The van der Waals surface area contributed by atoms with E-state index in [1.165, 1.54) is 0 Å². The Morgan fingerprint density at radius 2 is 2.33 bits per heavy atom. The lowest BCUT2D eigenvalue weighted by atomic mass is 10.3. The third kappa shape index (κ3) is 3.82. The summed E-state index contributed by atoms with van der Waals surface area (Å²) in [6.07, 6.45) is 4.26. The summed E-state index contributed by atoms with van der Waals surface area (Å²) in [5, 5.41) is 0. The van der Waals surface area contributed by atoms with Gasteiger partial charge in [0.2, 0.25) is 0 Å². The van der Waals surface area contributed by atoms with Crippen LogP contribution in [0, 0.1) is 0 Å². The first kappa shape index (κ1) is 14.7. The maximum Gasteiger partial charge on any atom is 0.293 e. The molecule has 6 heteroatoms. The molecule has 0 radical (unpaired) electrons. The molecule has 1 heterocycles. The van der Waals surface area contributed by atoms with Crippen LogP contribution in [0.2, 0.25) is 0 Å². The Hall–Kier alpha value is -1.40. The van der Waals surface area contributed by atoms with Gasteiger partial charge in [0.25, 0.3) is 5.56 Å². The van der Waals surface area contributed by atoms with Gasteiger partial charge in [0, 0.05) is 45.7 Å². The van der Waals surface area contributed by atoms with Crippen molar-refractivity contribution < 1.29 is 4.74 Å². The van der Waals surface area contributed by atoms with E-state index in [2.05, 4.69) is 4.98 Å². The van der Waals surface area contributed by atoms with Crippen molar-refractivity contribution in [2.45, 2.75) is 25.9 Å². The van der Waals surface area contributed by atoms with Gasteiger partial charge in [0.1, 0.15) is 0 Å². The van der Waals surface area contributed by atoms with Gasteiger partial charge in [-0.2, -0.15) is 0 Å². The quantitative estimate of drug-likeness (QED) is 0.745. The summed E-state index contributed by atoms with van der Waals surface area (Å²) < 4.78 is 6.64. The van der Waals surface area contributed by atoms with Crippen LogP contribution < -0.4 is 16.2 Å². The Labute approximate surface area is 107 Å². The van der Waals surface area contributed by atoms with E-state index in [-0.39, 0.29) is 11.6 Å². The number of hydrogen-bond acceptors (Lipinski definition) is 5. The summed E-state index contributed by atoms with van der Waals surface area (Å²) in [6.45, 7) is 3.73. The van der Waals surface area contributed by atoms with Crippen LogP contribution in [-0.2, 0) is 11.3 Å². The molecule has 0 saturated heterocycles. The molecule has 0 amide bonds. The molecule has 0 aliphatic carbocycles. The summed E-state index contributed by atoms with van der Waals surface area (Å²) in [7, 11) is 3.42. The van der Waals surface area contributed by atoms with Gasteiger partial charge in [-0.05, 0) is 6.42 Å². The smallest absolute Gasteiger partial charge is 0.293 e. The first-order valence-electron chi connectivity index (χ1n) is 6.11. The maximum absolute atomic E-state index is 12.1. The third-order valence-electron chi connectivity index (χ3n) is 2.61. The zero-order valence-electron chi connectivity index (χ0n) is 11.3. The molecule has 6 nitrogen and oxygen atoms in total. The highest BCUT2D eigenvalue weighted by Crippen LogP contribution is 2.01. The fourth-order valence-corrected chi connectivity index (χ4v) is 1.82. The molecule has 0 spiro atoms. The average Bonchev–Trinajstić information content (AvgIpc) is 2.32. The lowest BCUT2D eigenvalue weighted by Gasteiger charge is -2.21. The zero-order valence-corrected chi connectivity index (χ0v) is 11.3. The van der Waals surface area contributed by atoms with E-state index >= 15 is 0 Å². The molecule has 2 N–H and O–H groups in total. The Morgan fingerprint density at radius 3 is 2.94 bits per heavy atom. The molecule has 1 unspecified atom stereocenters. The van der Waals surface area contributed by atoms with Crippen molar-refractivity contribution in [3.8, 4) is 0 Å². The summed E-state index contributed by atoms with van der Waals surface area (Å²) in [6, 6.07) is -0.138. The van der Waals surface area contributed by atoms with Crippen molar-refractivity contribution in [2.75, 3.05) is 32.2 Å². The van der Waals surface area contributed by atoms with Gasteiger partial charge < -0.3 is 19.9 Å². The molecule has 1 aromatic rings. The second-order valence-corrected chi connectivity index (χ2v) is 4.35. The Morgan fingerprint density at radius 1 is 1.61 bits per heavy atom. The number of aryl methyl sites for hydroxylation is 1. The van der Waals surface area contributed by atoms with E-state index in [0.717, 1.165) is 6.42 Å². The number of hydrogen-bond donors (Lipinski definition) is 1. The van der Waals surface area contributed by atoms with Crippen LogP contribution in [0.15, 0.2) is 17.2 Å². The topological polar surface area (TPSA) is 73.4 Å². The van der Waals surface area contributed by atoms with Crippen molar-refractivity contribution in [1.82, 2.24) is 9.55 Å². The minimum atomic E-state index is -0.138. The molecule has 0 aliphatic rings. The van der Waals surface area contributed by atoms with E-state index in [0.29, 0.717) is 25.5 Å². The molecule has 1 rings (SSSR count). The minimum absolute atomic E-state index is 0.0773. The molecule has 0 saturated carbocycles. The summed E-state index contributed by atoms with van der Waals surface area (Å²) in [5.41, 5.74) is 5.79. The van der Waals surface area contributed by atoms with Crippen molar-refractivity contribution in [3.63, 3.8) is 0 Å². The normalized spacial score (nSPS) is 12.4. The zero-order chi connectivity index (χ0) is 13.5. The van der Waals surface area contributed by atoms with Gasteiger partial charge in [-0.15, -0.1) is 0 Å². The number of likely N-dealkylation sites (N-methyl/N-ethyl adjacent to an activating group) is 1. The third-order valence-corrected chi connectivity index (χ3v) is 2.61. The molecule has 0 bridgehead atoms. The van der Waals surface area contributed by atoms with Gasteiger partial charge in [0.15, 0.2) is 5.82 Å². The highest BCUT2D eigenvalue weighted by Gasteiger charge is 2.12. The van der Waals surface area contributed by atoms with Crippen LogP contribution in [0.1, 0.15) is 13.3 Å². The number of ether oxygens (including phenoxy) is 1. The predicted octanol–water partition coefficient (Wildman–Crippen LogP) is 0.0632. The SMILES string of the molecule is CCCn1ccnc(N(C)CC(N)COC)c1=O. The number of anilines is 1. The van der Waals surface area contributed by atoms with Crippen LogP contribution in [-0.4, -0.2) is 42.9 Å². The van der Waals surface area contributed by atoms with Crippen molar-refractivity contribution in [2.24, 2.45) is 5.73 Å². The van der Waals surface area contributed by atoms with E-state index < -0.39 is 0 Å². The lowest BCUT2D eigenvalue weighted by molar-refractivity contribution is 0.181. The Kier molecular flexibility index (Phi) is 5.80. The Balaban J connectivity index is 2.82. The lowest BCUT2D eigenvalue weighted by Crippen LogP contribution is -2.41. The highest BCUT2D eigenvalue weighted by atomic mass is 16.5. The molecule has 0 aromatic carbocycles. The predicted molar refractivity (Wildman–Crippen MR) is 71.9 cm³/mol. The summed E-state index contributed by atoms with van der Waals surface area (Å²) >= 11 is 0. The number of rotatable bonds is 7. The molecule has 1 aromatic heterocycles. The highest BCUT2D eigenvalue weighted by molar-refractivity contribution is 5.34. The minimum Gasteiger partial charge on any atom is -0.383 e. The monoisotopic (exact) mass is 254 g/mol. The van der Waals surface area contributed by atoms with Crippen molar-refractivity contribution in [1.29, 1.82) is 0 Å². The molecule has 102 valence electrons. The second kappa shape index (κ2) is 7.13. The van der Waals surface area contributed by atoms with Crippen LogP contribution >= 0.6 is 0 Å². The Bertz CT molecular complexity index is 419. The number of nitrogens with zero attached hydrogens (tertiary/aromatic N) is 3. The van der Waals surface area contributed by atoms with E-state index in [9.17, 15) is 4.79 Å². The number of nitrogens with two attached hydrogens (primary N) is 1. The van der Waals surface area contributed by atoms with Gasteiger partial charge in [0.05, 0.1) is 6.61 Å². The summed E-state index contributed by atoms with van der Waals surface area (Å²) in [5.74, 6) is 0.428. The molecule has 18 heavy (non-hydrogen) atoms. The fourth-order valence-electron chi connectivity index (χ4n) is 1.82. The maximum atomic E-state index is 12.1. The van der Waals surface area contributed by atoms with E-state index in [1.807, 2.05) is 14.0 Å². The van der Waals surface area contributed by atoms with Crippen LogP contribution in [0.4, 0.5) is 5.82 Å². The van der Waals surface area contributed by atoms with Gasteiger partial charge >= 0.3 is 0 Å². The van der Waals surface area contributed by atoms with E-state index in [4.69, 9.17) is 10.5 Å². The molecule has 1 atom stereocenters. The molecular weight excluding hydrogens is 232 g/mol. The molecule has 0 fully saturated rings. The second-order valence-electron chi connectivity index (χ2n) is 4.35. The first-order valence-corrected chi connectivity index (χ1v) is 6.11. The first-order chi connectivity index (χ1) is 8.60. The van der Waals surface area contributed by atoms with Crippen LogP contribution in [0.5, 0.6) is 0 Å². The van der Waals surface area contributed by atoms with E-state index in [1.54, 1.807) is 29.0 Å². The largest absolute Gasteiger partial charge is 0.383 e. The van der Waals surface area contributed by atoms with Crippen molar-refractivity contribution in [3.05, 3.63) is 22.7 Å². The average molecular weight is 254 g/mol. The molecule has 0 aliphatic heterocycles. The van der Waals surface area contributed by atoms with Gasteiger partial charge in [-0.25, -0.2) is 4.98 Å². The number of methoxy groups -OCH3 is 1. The van der Waals surface area contributed by atoms with Crippen LogP contribution in [0.25, 0.3) is 0 Å².